The third kappa shape index (κ3) is 5.73. The molecule has 0 saturated heterocycles. The molecular formula is C13H22O3. The summed E-state index contributed by atoms with van der Waals surface area (Å²) in [5, 5.41) is 9.88. The Labute approximate surface area is 98.1 Å². The predicted molar refractivity (Wildman–Crippen MR) is 66.1 cm³/mol. The van der Waals surface area contributed by atoms with E-state index >= 15 is 0 Å². The smallest absolute Gasteiger partial charge is 0.131 e. The predicted octanol–water partition coefficient (Wildman–Crippen LogP) is 2.43. The van der Waals surface area contributed by atoms with Gasteiger partial charge in [0.2, 0.25) is 0 Å². The van der Waals surface area contributed by atoms with Gasteiger partial charge in [0.15, 0.2) is 0 Å². The van der Waals surface area contributed by atoms with Crippen LogP contribution in [0, 0.1) is 0 Å². The van der Waals surface area contributed by atoms with Crippen LogP contribution in [-0.2, 0) is 9.47 Å². The van der Waals surface area contributed by atoms with Crippen molar-refractivity contribution in [2.24, 2.45) is 0 Å². The molecule has 0 amide bonds. The van der Waals surface area contributed by atoms with Crippen LogP contribution in [0.15, 0.2) is 37.1 Å². The Balaban J connectivity index is 4.23. The van der Waals surface area contributed by atoms with Crippen LogP contribution in [0.5, 0.6) is 0 Å². The first-order chi connectivity index (χ1) is 7.44. The van der Waals surface area contributed by atoms with Crippen LogP contribution in [-0.4, -0.2) is 30.0 Å². The monoisotopic (exact) mass is 226 g/mol. The van der Waals surface area contributed by atoms with Crippen molar-refractivity contribution in [3.8, 4) is 0 Å². The molecule has 0 rings (SSSR count). The molecule has 0 aliphatic carbocycles. The molecule has 0 aromatic carbocycles. The standard InChI is InChI=1S/C13H22O3/c1-6-8-11(3)16-13(4,5)12(14)10-15-9-7-2/h6-8,12,14H,1-2,9-10H2,3-5H3/b11-8+. The van der Waals surface area contributed by atoms with Crippen LogP contribution in [0.25, 0.3) is 0 Å². The Hall–Kier alpha value is -1.06. The van der Waals surface area contributed by atoms with Crippen LogP contribution in [0.4, 0.5) is 0 Å². The van der Waals surface area contributed by atoms with Gasteiger partial charge in [-0.3, -0.25) is 0 Å². The summed E-state index contributed by atoms with van der Waals surface area (Å²) < 4.78 is 10.8. The highest BCUT2D eigenvalue weighted by molar-refractivity contribution is 5.03. The summed E-state index contributed by atoms with van der Waals surface area (Å²) in [4.78, 5) is 0. The number of hydrogen-bond acceptors (Lipinski definition) is 3. The maximum Gasteiger partial charge on any atom is 0.131 e. The first-order valence-electron chi connectivity index (χ1n) is 5.29. The van der Waals surface area contributed by atoms with Gasteiger partial charge < -0.3 is 14.6 Å². The fourth-order valence-electron chi connectivity index (χ4n) is 1.15. The molecule has 92 valence electrons. The van der Waals surface area contributed by atoms with Gasteiger partial charge in [0.05, 0.1) is 19.0 Å². The molecule has 3 heteroatoms. The van der Waals surface area contributed by atoms with Crippen molar-refractivity contribution in [3.05, 3.63) is 37.1 Å². The third-order valence-corrected chi connectivity index (χ3v) is 2.09. The first-order valence-corrected chi connectivity index (χ1v) is 5.29. The highest BCUT2D eigenvalue weighted by Crippen LogP contribution is 2.19. The Morgan fingerprint density at radius 2 is 2.06 bits per heavy atom. The lowest BCUT2D eigenvalue weighted by molar-refractivity contribution is -0.0974. The number of aliphatic hydroxyl groups excluding tert-OH is 1. The molecule has 0 aliphatic rings. The lowest BCUT2D eigenvalue weighted by Crippen LogP contribution is -2.41. The van der Waals surface area contributed by atoms with Crippen LogP contribution >= 0.6 is 0 Å². The Kier molecular flexibility index (Phi) is 6.77. The van der Waals surface area contributed by atoms with Gasteiger partial charge in [0, 0.05) is 0 Å². The van der Waals surface area contributed by atoms with E-state index in [1.807, 2.05) is 20.8 Å². The van der Waals surface area contributed by atoms with Crippen LogP contribution in [0.2, 0.25) is 0 Å². The highest BCUT2D eigenvalue weighted by atomic mass is 16.5. The summed E-state index contributed by atoms with van der Waals surface area (Å²) >= 11 is 0. The zero-order valence-electron chi connectivity index (χ0n) is 10.4. The van der Waals surface area contributed by atoms with Crippen molar-refractivity contribution in [1.29, 1.82) is 0 Å². The molecule has 1 atom stereocenters. The van der Waals surface area contributed by atoms with Gasteiger partial charge in [-0.05, 0) is 26.8 Å². The average Bonchev–Trinajstić information content (AvgIpc) is 2.17. The fourth-order valence-corrected chi connectivity index (χ4v) is 1.15. The summed E-state index contributed by atoms with van der Waals surface area (Å²) in [6.07, 6.45) is 4.34. The zero-order valence-corrected chi connectivity index (χ0v) is 10.4. The van der Waals surface area contributed by atoms with E-state index in [1.54, 1.807) is 18.2 Å². The van der Waals surface area contributed by atoms with Crippen molar-refractivity contribution >= 4 is 0 Å². The van der Waals surface area contributed by atoms with Gasteiger partial charge in [0.25, 0.3) is 0 Å². The van der Waals surface area contributed by atoms with Crippen LogP contribution < -0.4 is 0 Å². The summed E-state index contributed by atoms with van der Waals surface area (Å²) in [5.74, 6) is 0.711. The molecule has 0 radical (unpaired) electrons. The second kappa shape index (κ2) is 7.25. The quantitative estimate of drug-likeness (QED) is 0.299. The van der Waals surface area contributed by atoms with E-state index in [1.165, 1.54) is 0 Å². The molecule has 0 saturated carbocycles. The lowest BCUT2D eigenvalue weighted by atomic mass is 10.0. The summed E-state index contributed by atoms with van der Waals surface area (Å²) in [6, 6.07) is 0. The third-order valence-electron chi connectivity index (χ3n) is 2.09. The van der Waals surface area contributed by atoms with Gasteiger partial charge in [-0.2, -0.15) is 0 Å². The molecule has 3 nitrogen and oxygen atoms in total. The molecule has 1 unspecified atom stereocenters. The summed E-state index contributed by atoms with van der Waals surface area (Å²) in [6.45, 7) is 13.2. The van der Waals surface area contributed by atoms with Gasteiger partial charge in [-0.1, -0.05) is 18.7 Å². The molecule has 0 spiro atoms. The van der Waals surface area contributed by atoms with E-state index in [4.69, 9.17) is 9.47 Å². The minimum absolute atomic E-state index is 0.223. The van der Waals surface area contributed by atoms with Gasteiger partial charge in [0.1, 0.15) is 11.7 Å². The molecule has 0 bridgehead atoms. The molecule has 0 fully saturated rings. The number of ether oxygens (including phenoxy) is 2. The molecule has 0 aromatic rings. The summed E-state index contributed by atoms with van der Waals surface area (Å²) in [5.41, 5.74) is -0.690. The van der Waals surface area contributed by atoms with E-state index in [9.17, 15) is 5.11 Å². The molecule has 1 N–H and O–H groups in total. The van der Waals surface area contributed by atoms with E-state index in [-0.39, 0.29) is 6.61 Å². The zero-order chi connectivity index (χ0) is 12.6. The Morgan fingerprint density at radius 3 is 2.56 bits per heavy atom. The van der Waals surface area contributed by atoms with E-state index < -0.39 is 11.7 Å². The molecule has 16 heavy (non-hydrogen) atoms. The Bertz CT molecular complexity index is 254. The van der Waals surface area contributed by atoms with Crippen molar-refractivity contribution in [2.45, 2.75) is 32.5 Å². The lowest BCUT2D eigenvalue weighted by Gasteiger charge is -2.31. The maximum atomic E-state index is 9.88. The number of hydrogen-bond donors (Lipinski definition) is 1. The van der Waals surface area contributed by atoms with Crippen molar-refractivity contribution in [3.63, 3.8) is 0 Å². The van der Waals surface area contributed by atoms with Gasteiger partial charge >= 0.3 is 0 Å². The van der Waals surface area contributed by atoms with Crippen molar-refractivity contribution in [1.82, 2.24) is 0 Å². The molecule has 0 aromatic heterocycles. The normalized spacial score (nSPS) is 14.4. The second-order valence-corrected chi connectivity index (χ2v) is 4.06. The average molecular weight is 226 g/mol. The molecule has 0 aliphatic heterocycles. The maximum absolute atomic E-state index is 9.88. The second-order valence-electron chi connectivity index (χ2n) is 4.06. The number of aliphatic hydroxyl groups is 1. The first kappa shape index (κ1) is 14.9. The van der Waals surface area contributed by atoms with Crippen molar-refractivity contribution in [2.75, 3.05) is 13.2 Å². The number of allylic oxidation sites excluding steroid dienone is 3. The SMILES string of the molecule is C=C/C=C(\C)OC(C)(C)C(O)COCC=C. The van der Waals surface area contributed by atoms with E-state index in [0.29, 0.717) is 12.4 Å². The van der Waals surface area contributed by atoms with Crippen LogP contribution in [0.3, 0.4) is 0 Å². The Morgan fingerprint density at radius 1 is 1.44 bits per heavy atom. The number of rotatable bonds is 8. The molecular weight excluding hydrogens is 204 g/mol. The van der Waals surface area contributed by atoms with Gasteiger partial charge in [-0.15, -0.1) is 6.58 Å². The fraction of sp³-hybridized carbons (Fsp3) is 0.538. The van der Waals surface area contributed by atoms with Crippen LogP contribution in [0.1, 0.15) is 20.8 Å². The van der Waals surface area contributed by atoms with E-state index in [2.05, 4.69) is 13.2 Å². The van der Waals surface area contributed by atoms with E-state index in [0.717, 1.165) is 0 Å². The topological polar surface area (TPSA) is 38.7 Å². The minimum Gasteiger partial charge on any atom is -0.490 e. The largest absolute Gasteiger partial charge is 0.490 e. The van der Waals surface area contributed by atoms with Gasteiger partial charge in [-0.25, -0.2) is 0 Å². The van der Waals surface area contributed by atoms with Crippen molar-refractivity contribution < 1.29 is 14.6 Å². The minimum atomic E-state index is -0.694. The summed E-state index contributed by atoms with van der Waals surface area (Å²) in [7, 11) is 0. The molecule has 0 heterocycles. The highest BCUT2D eigenvalue weighted by Gasteiger charge is 2.29.